The Hall–Kier alpha value is -1.70. The average molecular weight is 348 g/mol. The zero-order valence-electron chi connectivity index (χ0n) is 14.0. The van der Waals surface area contributed by atoms with Crippen molar-refractivity contribution in [3.63, 3.8) is 0 Å². The Labute approximate surface area is 143 Å². The minimum atomic E-state index is -3.23. The van der Waals surface area contributed by atoms with Gasteiger partial charge in [0.1, 0.15) is 5.82 Å². The zero-order chi connectivity index (χ0) is 17.0. The van der Waals surface area contributed by atoms with Crippen LogP contribution in [0.25, 0.3) is 0 Å². The maximum atomic E-state index is 12.5. The lowest BCUT2D eigenvalue weighted by Gasteiger charge is -2.34. The van der Waals surface area contributed by atoms with Gasteiger partial charge in [0.05, 0.1) is 5.75 Å². The molecule has 1 aromatic heterocycles. The molecule has 1 aromatic carbocycles. The van der Waals surface area contributed by atoms with Crippen LogP contribution in [-0.4, -0.2) is 59.9 Å². The number of aryl methyl sites for hydroxylation is 1. The number of rotatable bonds is 6. The first-order valence-electron chi connectivity index (χ1n) is 8.26. The van der Waals surface area contributed by atoms with Crippen LogP contribution >= 0.6 is 0 Å². The molecule has 2 aromatic rings. The van der Waals surface area contributed by atoms with Crippen molar-refractivity contribution in [1.82, 2.24) is 18.8 Å². The molecule has 6 nitrogen and oxygen atoms in total. The van der Waals surface area contributed by atoms with E-state index in [1.165, 1.54) is 0 Å². The van der Waals surface area contributed by atoms with Crippen LogP contribution in [-0.2, 0) is 22.3 Å². The molecule has 24 heavy (non-hydrogen) atoms. The van der Waals surface area contributed by atoms with E-state index in [1.807, 2.05) is 49.6 Å². The van der Waals surface area contributed by atoms with Crippen LogP contribution in [0.15, 0.2) is 42.7 Å². The Morgan fingerprint density at radius 2 is 1.75 bits per heavy atom. The van der Waals surface area contributed by atoms with Crippen molar-refractivity contribution in [3.8, 4) is 0 Å². The molecule has 1 saturated heterocycles. The zero-order valence-corrected chi connectivity index (χ0v) is 14.8. The molecule has 2 heterocycles. The molecule has 0 amide bonds. The molecule has 0 radical (unpaired) electrons. The van der Waals surface area contributed by atoms with Gasteiger partial charge < -0.3 is 4.57 Å². The highest BCUT2D eigenvalue weighted by Crippen LogP contribution is 2.13. The van der Waals surface area contributed by atoms with E-state index in [2.05, 4.69) is 14.5 Å². The summed E-state index contributed by atoms with van der Waals surface area (Å²) in [5, 5.41) is 0. The maximum Gasteiger partial charge on any atom is 0.218 e. The van der Waals surface area contributed by atoms with Gasteiger partial charge in [0.15, 0.2) is 0 Å². The van der Waals surface area contributed by atoms with Crippen molar-refractivity contribution >= 4 is 10.0 Å². The summed E-state index contributed by atoms with van der Waals surface area (Å²) >= 11 is 0. The minimum absolute atomic E-state index is 0.0854. The van der Waals surface area contributed by atoms with Gasteiger partial charge in [-0.05, 0) is 12.5 Å². The maximum absolute atomic E-state index is 12.5. The van der Waals surface area contributed by atoms with Crippen LogP contribution in [0.2, 0.25) is 0 Å². The first-order valence-corrected chi connectivity index (χ1v) is 9.87. The van der Waals surface area contributed by atoms with Crippen LogP contribution < -0.4 is 0 Å². The highest BCUT2D eigenvalue weighted by atomic mass is 32.2. The molecule has 1 aliphatic heterocycles. The molecule has 0 saturated carbocycles. The summed E-state index contributed by atoms with van der Waals surface area (Å²) in [7, 11) is -3.23. The lowest BCUT2D eigenvalue weighted by atomic mass is 10.2. The normalized spacial score (nSPS) is 17.2. The van der Waals surface area contributed by atoms with E-state index in [4.69, 9.17) is 0 Å². The van der Waals surface area contributed by atoms with Crippen LogP contribution in [0.1, 0.15) is 11.4 Å². The average Bonchev–Trinajstić information content (AvgIpc) is 2.99. The Morgan fingerprint density at radius 3 is 2.38 bits per heavy atom. The largest absolute Gasteiger partial charge is 0.334 e. The molecule has 0 unspecified atom stereocenters. The molecule has 0 spiro atoms. The third-order valence-electron chi connectivity index (χ3n) is 4.50. The first-order chi connectivity index (χ1) is 11.5. The summed E-state index contributed by atoms with van der Waals surface area (Å²) in [6.45, 7) is 6.50. The Bertz CT molecular complexity index is 750. The quantitative estimate of drug-likeness (QED) is 0.790. The summed E-state index contributed by atoms with van der Waals surface area (Å²) in [5.74, 6) is 1.10. The van der Waals surface area contributed by atoms with E-state index in [1.54, 1.807) is 4.31 Å². The summed E-state index contributed by atoms with van der Waals surface area (Å²) in [5.41, 5.74) is 0.843. The van der Waals surface area contributed by atoms with Gasteiger partial charge in [0, 0.05) is 51.7 Å². The van der Waals surface area contributed by atoms with Crippen molar-refractivity contribution in [2.24, 2.45) is 0 Å². The second-order valence-corrected chi connectivity index (χ2v) is 8.12. The van der Waals surface area contributed by atoms with E-state index in [-0.39, 0.29) is 5.75 Å². The van der Waals surface area contributed by atoms with Gasteiger partial charge in [-0.2, -0.15) is 4.31 Å². The van der Waals surface area contributed by atoms with E-state index in [0.717, 1.165) is 37.6 Å². The van der Waals surface area contributed by atoms with Crippen LogP contribution in [0.5, 0.6) is 0 Å². The summed E-state index contributed by atoms with van der Waals surface area (Å²) in [6, 6.07) is 9.38. The van der Waals surface area contributed by atoms with E-state index >= 15 is 0 Å². The van der Waals surface area contributed by atoms with Crippen molar-refractivity contribution in [3.05, 3.63) is 54.1 Å². The summed E-state index contributed by atoms with van der Waals surface area (Å²) < 4.78 is 28.8. The fourth-order valence-electron chi connectivity index (χ4n) is 3.00. The summed E-state index contributed by atoms with van der Waals surface area (Å²) in [6.07, 6.45) is 3.79. The number of piperazine rings is 1. The monoisotopic (exact) mass is 348 g/mol. The van der Waals surface area contributed by atoms with Gasteiger partial charge in [0.25, 0.3) is 0 Å². The number of benzene rings is 1. The van der Waals surface area contributed by atoms with Gasteiger partial charge in [-0.3, -0.25) is 4.90 Å². The number of hydrogen-bond acceptors (Lipinski definition) is 4. The minimum Gasteiger partial charge on any atom is -0.334 e. The molecule has 0 bridgehead atoms. The van der Waals surface area contributed by atoms with E-state index in [0.29, 0.717) is 13.1 Å². The fourth-order valence-corrected chi connectivity index (χ4v) is 4.51. The fraction of sp³-hybridized carbons (Fsp3) is 0.471. The Balaban J connectivity index is 1.50. The number of imidazole rings is 1. The van der Waals surface area contributed by atoms with Gasteiger partial charge in [-0.15, -0.1) is 0 Å². The Morgan fingerprint density at radius 1 is 1.04 bits per heavy atom. The van der Waals surface area contributed by atoms with Crippen molar-refractivity contribution in [2.75, 3.05) is 32.7 Å². The molecule has 3 rings (SSSR count). The van der Waals surface area contributed by atoms with Gasteiger partial charge in [0.2, 0.25) is 10.0 Å². The van der Waals surface area contributed by atoms with E-state index in [9.17, 15) is 8.42 Å². The van der Waals surface area contributed by atoms with Crippen LogP contribution in [0, 0.1) is 6.92 Å². The van der Waals surface area contributed by atoms with Crippen LogP contribution in [0.3, 0.4) is 0 Å². The second kappa shape index (κ2) is 7.46. The number of sulfonamides is 1. The summed E-state index contributed by atoms with van der Waals surface area (Å²) in [4.78, 5) is 6.53. The Kier molecular flexibility index (Phi) is 5.33. The third-order valence-corrected chi connectivity index (χ3v) is 6.35. The molecule has 0 atom stereocenters. The van der Waals surface area contributed by atoms with Gasteiger partial charge >= 0.3 is 0 Å². The van der Waals surface area contributed by atoms with Crippen molar-refractivity contribution < 1.29 is 8.42 Å². The van der Waals surface area contributed by atoms with Crippen LogP contribution in [0.4, 0.5) is 0 Å². The molecule has 0 aliphatic carbocycles. The van der Waals surface area contributed by atoms with Gasteiger partial charge in [-0.1, -0.05) is 30.3 Å². The molecule has 130 valence electrons. The molecule has 0 N–H and O–H groups in total. The highest BCUT2D eigenvalue weighted by Gasteiger charge is 2.26. The van der Waals surface area contributed by atoms with Gasteiger partial charge in [-0.25, -0.2) is 13.4 Å². The molecular weight excluding hydrogens is 324 g/mol. The van der Waals surface area contributed by atoms with Crippen molar-refractivity contribution in [1.29, 1.82) is 0 Å². The molecule has 1 aliphatic rings. The number of nitrogens with zero attached hydrogens (tertiary/aromatic N) is 4. The predicted molar refractivity (Wildman–Crippen MR) is 94.0 cm³/mol. The smallest absolute Gasteiger partial charge is 0.218 e. The molecule has 7 heteroatoms. The third kappa shape index (κ3) is 4.23. The van der Waals surface area contributed by atoms with Crippen molar-refractivity contribution in [2.45, 2.75) is 19.2 Å². The second-order valence-electron chi connectivity index (χ2n) is 6.15. The predicted octanol–water partition coefficient (Wildman–Crippen LogP) is 1.34. The lowest BCUT2D eigenvalue weighted by molar-refractivity contribution is 0.182. The lowest BCUT2D eigenvalue weighted by Crippen LogP contribution is -2.49. The van der Waals surface area contributed by atoms with E-state index < -0.39 is 10.0 Å². The number of hydrogen-bond donors (Lipinski definition) is 0. The highest BCUT2D eigenvalue weighted by molar-refractivity contribution is 7.88. The number of aromatic nitrogens is 2. The standard InChI is InChI=1S/C17H24N4O2S/c1-16-18-7-8-20(16)12-9-19-10-13-21(14-11-19)24(22,23)15-17-5-3-2-4-6-17/h2-8H,9-15H2,1H3. The first kappa shape index (κ1) is 17.1. The molecule has 1 fully saturated rings. The molecular formula is C17H24N4O2S. The topological polar surface area (TPSA) is 58.4 Å². The SMILES string of the molecule is Cc1nccn1CCN1CCN(S(=O)(=O)Cc2ccccc2)CC1.